The van der Waals surface area contributed by atoms with Gasteiger partial charge in [-0.15, -0.1) is 0 Å². The lowest BCUT2D eigenvalue weighted by Gasteiger charge is -2.11. The minimum absolute atomic E-state index is 0.201. The van der Waals surface area contributed by atoms with Crippen LogP contribution in [0.3, 0.4) is 0 Å². The maximum Gasteiger partial charge on any atom is 0.119 e. The lowest BCUT2D eigenvalue weighted by Crippen LogP contribution is -2.07. The van der Waals surface area contributed by atoms with Crippen LogP contribution in [-0.4, -0.2) is 27.9 Å². The van der Waals surface area contributed by atoms with E-state index in [-0.39, 0.29) is 6.61 Å². The standard InChI is InChI=1S/C22H28N2O2/c1-17-14-18(2)16-19(15-17)26-13-6-5-11-24-21-9-4-3-8-20(21)23-22(24)10-7-12-25/h3-4,8-9,14-16,25H,5-7,10-13H2,1-2H3. The van der Waals surface area contributed by atoms with E-state index in [0.717, 1.165) is 55.9 Å². The van der Waals surface area contributed by atoms with Crippen molar-refractivity contribution in [3.8, 4) is 5.75 Å². The molecule has 0 aliphatic carbocycles. The smallest absolute Gasteiger partial charge is 0.119 e. The molecule has 0 bridgehead atoms. The Hall–Kier alpha value is -2.33. The SMILES string of the molecule is Cc1cc(C)cc(OCCCCn2c(CCCO)nc3ccccc32)c1. The van der Waals surface area contributed by atoms with Crippen molar-refractivity contribution in [1.29, 1.82) is 0 Å². The van der Waals surface area contributed by atoms with Gasteiger partial charge >= 0.3 is 0 Å². The summed E-state index contributed by atoms with van der Waals surface area (Å²) in [5, 5.41) is 9.13. The predicted molar refractivity (Wildman–Crippen MR) is 106 cm³/mol. The molecule has 0 spiro atoms. The van der Waals surface area contributed by atoms with E-state index in [1.165, 1.54) is 16.6 Å². The van der Waals surface area contributed by atoms with Gasteiger partial charge in [-0.3, -0.25) is 0 Å². The quantitative estimate of drug-likeness (QED) is 0.579. The molecule has 138 valence electrons. The number of rotatable bonds is 9. The Labute approximate surface area is 155 Å². The van der Waals surface area contributed by atoms with Crippen LogP contribution in [0.5, 0.6) is 5.75 Å². The third-order valence-electron chi connectivity index (χ3n) is 4.53. The average molecular weight is 352 g/mol. The normalized spacial score (nSPS) is 11.2. The summed E-state index contributed by atoms with van der Waals surface area (Å²) in [5.74, 6) is 2.02. The summed E-state index contributed by atoms with van der Waals surface area (Å²) in [5.41, 5.74) is 4.68. The molecule has 0 radical (unpaired) electrons. The lowest BCUT2D eigenvalue weighted by atomic mass is 10.1. The van der Waals surface area contributed by atoms with Gasteiger partial charge in [0.2, 0.25) is 0 Å². The van der Waals surface area contributed by atoms with Gasteiger partial charge in [0.25, 0.3) is 0 Å². The summed E-state index contributed by atoms with van der Waals surface area (Å²) in [6.45, 7) is 6.04. The second kappa shape index (κ2) is 8.86. The molecule has 0 aliphatic rings. The van der Waals surface area contributed by atoms with Crippen molar-refractivity contribution in [2.75, 3.05) is 13.2 Å². The number of aliphatic hydroxyl groups is 1. The number of aromatic nitrogens is 2. The number of imidazole rings is 1. The molecule has 1 N–H and O–H groups in total. The molecule has 1 heterocycles. The number of hydrogen-bond donors (Lipinski definition) is 1. The number of aliphatic hydroxyl groups excluding tert-OH is 1. The Kier molecular flexibility index (Phi) is 6.29. The molecule has 0 saturated heterocycles. The van der Waals surface area contributed by atoms with E-state index in [1.54, 1.807) is 0 Å². The van der Waals surface area contributed by atoms with E-state index < -0.39 is 0 Å². The van der Waals surface area contributed by atoms with Gasteiger partial charge < -0.3 is 14.4 Å². The van der Waals surface area contributed by atoms with Crippen LogP contribution >= 0.6 is 0 Å². The summed E-state index contributed by atoms with van der Waals surface area (Å²) in [6, 6.07) is 14.6. The van der Waals surface area contributed by atoms with Crippen molar-refractivity contribution in [2.45, 2.75) is 46.1 Å². The Bertz CT molecular complexity index is 834. The molecule has 0 saturated carbocycles. The Morgan fingerprint density at radius 1 is 1.00 bits per heavy atom. The van der Waals surface area contributed by atoms with Gasteiger partial charge in [0.05, 0.1) is 17.6 Å². The van der Waals surface area contributed by atoms with E-state index >= 15 is 0 Å². The summed E-state index contributed by atoms with van der Waals surface area (Å²) in [6.07, 6.45) is 3.60. The van der Waals surface area contributed by atoms with Crippen molar-refractivity contribution >= 4 is 11.0 Å². The van der Waals surface area contributed by atoms with Crippen molar-refractivity contribution in [3.63, 3.8) is 0 Å². The van der Waals surface area contributed by atoms with Gasteiger partial charge in [-0.05, 0) is 68.5 Å². The zero-order chi connectivity index (χ0) is 18.4. The molecule has 0 atom stereocenters. The van der Waals surface area contributed by atoms with Crippen molar-refractivity contribution in [1.82, 2.24) is 9.55 Å². The number of ether oxygens (including phenoxy) is 1. The first-order valence-corrected chi connectivity index (χ1v) is 9.43. The highest BCUT2D eigenvalue weighted by Gasteiger charge is 2.09. The van der Waals surface area contributed by atoms with Gasteiger partial charge in [0.15, 0.2) is 0 Å². The minimum atomic E-state index is 0.201. The lowest BCUT2D eigenvalue weighted by molar-refractivity contribution is 0.286. The van der Waals surface area contributed by atoms with Crippen molar-refractivity contribution < 1.29 is 9.84 Å². The topological polar surface area (TPSA) is 47.3 Å². The Morgan fingerprint density at radius 2 is 1.77 bits per heavy atom. The molecule has 26 heavy (non-hydrogen) atoms. The molecule has 4 heteroatoms. The molecular weight excluding hydrogens is 324 g/mol. The first-order valence-electron chi connectivity index (χ1n) is 9.43. The molecule has 3 aromatic rings. The Balaban J connectivity index is 1.57. The van der Waals surface area contributed by atoms with Crippen LogP contribution in [0.25, 0.3) is 11.0 Å². The fraction of sp³-hybridized carbons (Fsp3) is 0.409. The summed E-state index contributed by atoms with van der Waals surface area (Å²) >= 11 is 0. The predicted octanol–water partition coefficient (Wildman–Crippen LogP) is 4.44. The largest absolute Gasteiger partial charge is 0.494 e. The summed E-state index contributed by atoms with van der Waals surface area (Å²) < 4.78 is 8.21. The molecule has 0 unspecified atom stereocenters. The molecule has 4 nitrogen and oxygen atoms in total. The van der Waals surface area contributed by atoms with Crippen LogP contribution in [-0.2, 0) is 13.0 Å². The van der Waals surface area contributed by atoms with Crippen LogP contribution in [0.4, 0.5) is 0 Å². The summed E-state index contributed by atoms with van der Waals surface area (Å²) in [4.78, 5) is 4.74. The average Bonchev–Trinajstić information content (AvgIpc) is 2.96. The molecule has 1 aromatic heterocycles. The fourth-order valence-corrected chi connectivity index (χ4v) is 3.38. The number of fused-ring (bicyclic) bond motifs is 1. The summed E-state index contributed by atoms with van der Waals surface area (Å²) in [7, 11) is 0. The van der Waals surface area contributed by atoms with Crippen LogP contribution in [0.1, 0.15) is 36.2 Å². The third kappa shape index (κ3) is 4.64. The highest BCUT2D eigenvalue weighted by atomic mass is 16.5. The molecule has 2 aromatic carbocycles. The maximum absolute atomic E-state index is 9.13. The zero-order valence-corrected chi connectivity index (χ0v) is 15.7. The second-order valence-corrected chi connectivity index (χ2v) is 6.87. The first kappa shape index (κ1) is 18.5. The molecule has 3 rings (SSSR count). The fourth-order valence-electron chi connectivity index (χ4n) is 3.38. The number of benzene rings is 2. The van der Waals surface area contributed by atoms with Crippen LogP contribution in [0.15, 0.2) is 42.5 Å². The number of nitrogens with zero attached hydrogens (tertiary/aromatic N) is 2. The van der Waals surface area contributed by atoms with Gasteiger partial charge in [-0.25, -0.2) is 4.98 Å². The van der Waals surface area contributed by atoms with Crippen LogP contribution in [0, 0.1) is 13.8 Å². The van der Waals surface area contributed by atoms with Gasteiger partial charge in [0, 0.05) is 19.6 Å². The number of hydrogen-bond acceptors (Lipinski definition) is 3. The van der Waals surface area contributed by atoms with E-state index in [0.29, 0.717) is 0 Å². The van der Waals surface area contributed by atoms with E-state index in [4.69, 9.17) is 14.8 Å². The number of aryl methyl sites for hydroxylation is 4. The Morgan fingerprint density at radius 3 is 2.54 bits per heavy atom. The van der Waals surface area contributed by atoms with E-state index in [9.17, 15) is 0 Å². The van der Waals surface area contributed by atoms with Crippen LogP contribution < -0.4 is 4.74 Å². The molecule has 0 fully saturated rings. The zero-order valence-electron chi connectivity index (χ0n) is 15.7. The molecule has 0 amide bonds. The number of unbranched alkanes of at least 4 members (excludes halogenated alkanes) is 1. The van der Waals surface area contributed by atoms with Gasteiger partial charge in [-0.1, -0.05) is 18.2 Å². The van der Waals surface area contributed by atoms with Gasteiger partial charge in [0.1, 0.15) is 11.6 Å². The van der Waals surface area contributed by atoms with Gasteiger partial charge in [-0.2, -0.15) is 0 Å². The van der Waals surface area contributed by atoms with E-state index in [2.05, 4.69) is 54.8 Å². The first-order chi connectivity index (χ1) is 12.7. The highest BCUT2D eigenvalue weighted by Crippen LogP contribution is 2.19. The van der Waals surface area contributed by atoms with Crippen LogP contribution in [0.2, 0.25) is 0 Å². The molecular formula is C22H28N2O2. The van der Waals surface area contributed by atoms with E-state index in [1.807, 2.05) is 6.07 Å². The maximum atomic E-state index is 9.13. The molecule has 0 aliphatic heterocycles. The third-order valence-corrected chi connectivity index (χ3v) is 4.53. The van der Waals surface area contributed by atoms with Crippen molar-refractivity contribution in [3.05, 3.63) is 59.4 Å². The second-order valence-electron chi connectivity index (χ2n) is 6.87. The number of para-hydroxylation sites is 2. The minimum Gasteiger partial charge on any atom is -0.494 e. The van der Waals surface area contributed by atoms with Crippen molar-refractivity contribution in [2.24, 2.45) is 0 Å². The highest BCUT2D eigenvalue weighted by molar-refractivity contribution is 5.75. The monoisotopic (exact) mass is 352 g/mol.